The first-order valence-electron chi connectivity index (χ1n) is 9.60. The summed E-state index contributed by atoms with van der Waals surface area (Å²) in [5.74, 6) is -0.905. The van der Waals surface area contributed by atoms with Crippen molar-refractivity contribution in [3.63, 3.8) is 0 Å². The molecule has 3 aliphatic rings. The van der Waals surface area contributed by atoms with Gasteiger partial charge in [0.15, 0.2) is 0 Å². The molecule has 1 unspecified atom stereocenters. The number of urea groups is 1. The molecule has 1 spiro atoms. The van der Waals surface area contributed by atoms with E-state index in [9.17, 15) is 18.8 Å². The average Bonchev–Trinajstić information content (AvgIpc) is 3.14. The minimum atomic E-state index is -0.779. The number of fused-ring (bicyclic) bond motifs is 1. The summed E-state index contributed by atoms with van der Waals surface area (Å²) in [6.07, 6.45) is 5.38. The zero-order valence-corrected chi connectivity index (χ0v) is 15.5. The van der Waals surface area contributed by atoms with E-state index in [0.717, 1.165) is 29.7 Å². The number of hydrogen-bond acceptors (Lipinski definition) is 3. The summed E-state index contributed by atoms with van der Waals surface area (Å²) in [7, 11) is 1.65. The third-order valence-corrected chi connectivity index (χ3v) is 6.33. The number of halogens is 1. The lowest BCUT2D eigenvalue weighted by Crippen LogP contribution is -2.49. The van der Waals surface area contributed by atoms with Crippen molar-refractivity contribution in [1.82, 2.24) is 15.1 Å². The monoisotopic (exact) mass is 373 g/mol. The Morgan fingerprint density at radius 3 is 2.74 bits per heavy atom. The molecule has 4 amide bonds. The first-order valence-corrected chi connectivity index (χ1v) is 9.60. The number of carbonyl (C=O) groups is 3. The summed E-state index contributed by atoms with van der Waals surface area (Å²) < 4.78 is 13.9. The zero-order valence-electron chi connectivity index (χ0n) is 15.5. The van der Waals surface area contributed by atoms with Crippen LogP contribution in [0.1, 0.15) is 55.7 Å². The van der Waals surface area contributed by atoms with Gasteiger partial charge in [-0.1, -0.05) is 31.4 Å². The van der Waals surface area contributed by atoms with Gasteiger partial charge in [0.1, 0.15) is 17.9 Å². The second-order valence-corrected chi connectivity index (χ2v) is 7.79. The zero-order chi connectivity index (χ0) is 19.2. The van der Waals surface area contributed by atoms with Gasteiger partial charge in [0.05, 0.1) is 6.04 Å². The number of rotatable bonds is 3. The molecule has 27 heavy (non-hydrogen) atoms. The molecular weight excluding hydrogens is 349 g/mol. The van der Waals surface area contributed by atoms with Gasteiger partial charge in [-0.15, -0.1) is 0 Å². The maximum absolute atomic E-state index is 13.9. The molecule has 1 N–H and O–H groups in total. The minimum absolute atomic E-state index is 0.255. The predicted molar refractivity (Wildman–Crippen MR) is 96.3 cm³/mol. The molecular formula is C20H24FN3O3. The van der Waals surface area contributed by atoms with Crippen LogP contribution in [0.3, 0.4) is 0 Å². The van der Waals surface area contributed by atoms with Crippen molar-refractivity contribution in [1.29, 1.82) is 0 Å². The fourth-order valence-corrected chi connectivity index (χ4v) is 4.81. The maximum Gasteiger partial charge on any atom is 0.327 e. The molecule has 1 aromatic carbocycles. The van der Waals surface area contributed by atoms with Gasteiger partial charge in [0.2, 0.25) is 5.91 Å². The minimum Gasteiger partial charge on any atom is -0.348 e. The number of amides is 4. The van der Waals surface area contributed by atoms with Crippen molar-refractivity contribution in [3.05, 3.63) is 35.1 Å². The van der Waals surface area contributed by atoms with Crippen LogP contribution in [0.2, 0.25) is 0 Å². The Kier molecular flexibility index (Phi) is 4.40. The van der Waals surface area contributed by atoms with Crippen LogP contribution in [0.5, 0.6) is 0 Å². The van der Waals surface area contributed by atoms with Crippen molar-refractivity contribution < 1.29 is 18.8 Å². The highest BCUT2D eigenvalue weighted by Gasteiger charge is 2.55. The SMILES string of the molecule is CN1C(=O)N(CC(=O)NC2CCc3c(F)cccc32)C(=O)C12CCCCC2. The second-order valence-electron chi connectivity index (χ2n) is 7.79. The summed E-state index contributed by atoms with van der Waals surface area (Å²) in [5.41, 5.74) is 0.638. The van der Waals surface area contributed by atoms with Gasteiger partial charge >= 0.3 is 6.03 Å². The molecule has 0 radical (unpaired) electrons. The largest absolute Gasteiger partial charge is 0.348 e. The van der Waals surface area contributed by atoms with Gasteiger partial charge in [-0.3, -0.25) is 14.5 Å². The van der Waals surface area contributed by atoms with Gasteiger partial charge in [0, 0.05) is 7.05 Å². The second kappa shape index (κ2) is 6.62. The van der Waals surface area contributed by atoms with Gasteiger partial charge in [0.25, 0.3) is 5.91 Å². The average molecular weight is 373 g/mol. The van der Waals surface area contributed by atoms with E-state index in [1.54, 1.807) is 13.1 Å². The van der Waals surface area contributed by atoms with Crippen LogP contribution >= 0.6 is 0 Å². The van der Waals surface area contributed by atoms with E-state index < -0.39 is 11.6 Å². The molecule has 1 saturated carbocycles. The fourth-order valence-electron chi connectivity index (χ4n) is 4.81. The van der Waals surface area contributed by atoms with Crippen molar-refractivity contribution in [3.8, 4) is 0 Å². The number of carbonyl (C=O) groups excluding carboxylic acids is 3. The number of hydrogen-bond donors (Lipinski definition) is 1. The lowest BCUT2D eigenvalue weighted by Gasteiger charge is -2.35. The quantitative estimate of drug-likeness (QED) is 0.828. The van der Waals surface area contributed by atoms with Gasteiger partial charge < -0.3 is 10.2 Å². The third-order valence-electron chi connectivity index (χ3n) is 6.33. The molecule has 1 heterocycles. The topological polar surface area (TPSA) is 69.7 Å². The Hall–Kier alpha value is -2.44. The molecule has 2 aliphatic carbocycles. The number of nitrogens with one attached hydrogen (secondary N) is 1. The van der Waals surface area contributed by atoms with E-state index in [4.69, 9.17) is 0 Å². The van der Waals surface area contributed by atoms with Crippen molar-refractivity contribution >= 4 is 17.8 Å². The molecule has 0 bridgehead atoms. The Morgan fingerprint density at radius 2 is 2.00 bits per heavy atom. The lowest BCUT2D eigenvalue weighted by molar-refractivity contribution is -0.137. The highest BCUT2D eigenvalue weighted by Crippen LogP contribution is 2.39. The third kappa shape index (κ3) is 2.80. The smallest absolute Gasteiger partial charge is 0.327 e. The summed E-state index contributed by atoms with van der Waals surface area (Å²) >= 11 is 0. The molecule has 1 aliphatic heterocycles. The van der Waals surface area contributed by atoms with Crippen molar-refractivity contribution in [2.75, 3.05) is 13.6 Å². The first kappa shape index (κ1) is 17.9. The molecule has 7 heteroatoms. The molecule has 2 fully saturated rings. The normalized spacial score (nSPS) is 23.9. The predicted octanol–water partition coefficient (Wildman–Crippen LogP) is 2.53. The number of benzene rings is 1. The van der Waals surface area contributed by atoms with Crippen LogP contribution in [-0.2, 0) is 16.0 Å². The van der Waals surface area contributed by atoms with Crippen LogP contribution in [0, 0.1) is 5.82 Å². The van der Waals surface area contributed by atoms with E-state index in [-0.39, 0.29) is 30.2 Å². The Bertz CT molecular complexity index is 804. The molecule has 144 valence electrons. The lowest BCUT2D eigenvalue weighted by atomic mass is 9.81. The summed E-state index contributed by atoms with van der Waals surface area (Å²) in [6, 6.07) is 4.18. The number of imide groups is 1. The molecule has 1 saturated heterocycles. The molecule has 0 aromatic heterocycles. The molecule has 6 nitrogen and oxygen atoms in total. The van der Waals surface area contributed by atoms with E-state index in [0.29, 0.717) is 31.2 Å². The van der Waals surface area contributed by atoms with E-state index in [1.807, 2.05) is 6.07 Å². The van der Waals surface area contributed by atoms with Crippen LogP contribution in [-0.4, -0.2) is 46.8 Å². The van der Waals surface area contributed by atoms with E-state index in [1.165, 1.54) is 11.0 Å². The Balaban J connectivity index is 1.46. The van der Waals surface area contributed by atoms with E-state index >= 15 is 0 Å². The number of nitrogens with zero attached hydrogens (tertiary/aromatic N) is 2. The Morgan fingerprint density at radius 1 is 1.26 bits per heavy atom. The highest BCUT2D eigenvalue weighted by molar-refractivity contribution is 6.09. The Labute approximate surface area is 157 Å². The van der Waals surface area contributed by atoms with Gasteiger partial charge in [-0.25, -0.2) is 9.18 Å². The van der Waals surface area contributed by atoms with Crippen LogP contribution in [0.25, 0.3) is 0 Å². The fraction of sp³-hybridized carbons (Fsp3) is 0.550. The van der Waals surface area contributed by atoms with Crippen LogP contribution in [0.15, 0.2) is 18.2 Å². The van der Waals surface area contributed by atoms with Crippen molar-refractivity contribution in [2.24, 2.45) is 0 Å². The molecule has 1 atom stereocenters. The molecule has 1 aromatic rings. The summed E-state index contributed by atoms with van der Waals surface area (Å²) in [6.45, 7) is -0.287. The highest BCUT2D eigenvalue weighted by atomic mass is 19.1. The van der Waals surface area contributed by atoms with Crippen molar-refractivity contribution in [2.45, 2.75) is 56.5 Å². The summed E-state index contributed by atoms with van der Waals surface area (Å²) in [5, 5.41) is 2.87. The first-order chi connectivity index (χ1) is 12.9. The maximum atomic E-state index is 13.9. The van der Waals surface area contributed by atoms with Gasteiger partial charge in [-0.2, -0.15) is 0 Å². The van der Waals surface area contributed by atoms with Crippen LogP contribution < -0.4 is 5.32 Å². The standard InChI is InChI=1S/C20H24FN3O3/c1-23-19(27)24(18(26)20(23)10-3-2-4-11-20)12-17(25)22-16-9-8-13-14(16)6-5-7-15(13)21/h5-7,16H,2-4,8-12H2,1H3,(H,22,25). The number of likely N-dealkylation sites (N-methyl/N-ethyl adjacent to an activating group) is 1. The molecule has 4 rings (SSSR count). The van der Waals surface area contributed by atoms with E-state index in [2.05, 4.69) is 5.32 Å². The summed E-state index contributed by atoms with van der Waals surface area (Å²) in [4.78, 5) is 40.7. The van der Waals surface area contributed by atoms with Crippen LogP contribution in [0.4, 0.5) is 9.18 Å². The van der Waals surface area contributed by atoms with Gasteiger partial charge in [-0.05, 0) is 42.9 Å².